The first kappa shape index (κ1) is 10.8. The van der Waals surface area contributed by atoms with Gasteiger partial charge in [-0.1, -0.05) is 6.92 Å². The molecule has 2 aromatic heterocycles. The summed E-state index contributed by atoms with van der Waals surface area (Å²) in [6, 6.07) is 1.47. The van der Waals surface area contributed by atoms with E-state index in [0.717, 1.165) is 12.2 Å². The molecule has 0 fully saturated rings. The molecule has 1 unspecified atom stereocenters. The molecular weight excluding hydrogens is 206 g/mol. The van der Waals surface area contributed by atoms with Crippen molar-refractivity contribution in [3.8, 4) is 0 Å². The summed E-state index contributed by atoms with van der Waals surface area (Å²) in [6.45, 7) is 4.39. The normalized spacial score (nSPS) is 13.2. The van der Waals surface area contributed by atoms with Gasteiger partial charge in [0.15, 0.2) is 0 Å². The Hall–Kier alpha value is -1.69. The van der Waals surface area contributed by atoms with Gasteiger partial charge in [0.05, 0.1) is 0 Å². The summed E-state index contributed by atoms with van der Waals surface area (Å²) in [5.74, 6) is 1.37. The number of hydrogen-bond donors (Lipinski definition) is 2. The van der Waals surface area contributed by atoms with Gasteiger partial charge < -0.3 is 5.73 Å². The molecule has 0 aliphatic carbocycles. The zero-order chi connectivity index (χ0) is 11.7. The minimum Gasteiger partial charge on any atom is -0.330 e. The van der Waals surface area contributed by atoms with Crippen LogP contribution < -0.4 is 11.3 Å². The predicted octanol–water partition coefficient (Wildman–Crippen LogP) is 0.178. The van der Waals surface area contributed by atoms with Crippen molar-refractivity contribution in [3.63, 3.8) is 0 Å². The molecule has 2 rings (SSSR count). The number of H-pyrrole nitrogens is 1. The molecule has 6 heteroatoms. The summed E-state index contributed by atoms with van der Waals surface area (Å²) in [4.78, 5) is 20.1. The number of hydrogen-bond acceptors (Lipinski definition) is 4. The molecule has 6 nitrogen and oxygen atoms in total. The maximum atomic E-state index is 11.6. The van der Waals surface area contributed by atoms with Crippen molar-refractivity contribution in [1.82, 2.24) is 19.6 Å². The third-order valence-corrected chi connectivity index (χ3v) is 2.54. The van der Waals surface area contributed by atoms with Crippen molar-refractivity contribution < 1.29 is 0 Å². The lowest BCUT2D eigenvalue weighted by Gasteiger charge is -2.03. The number of aryl methyl sites for hydroxylation is 1. The van der Waals surface area contributed by atoms with Crippen molar-refractivity contribution in [1.29, 1.82) is 0 Å². The number of fused-ring (bicyclic) bond motifs is 1. The van der Waals surface area contributed by atoms with Gasteiger partial charge in [0.1, 0.15) is 5.82 Å². The number of rotatable bonds is 3. The van der Waals surface area contributed by atoms with E-state index in [-0.39, 0.29) is 11.5 Å². The van der Waals surface area contributed by atoms with Crippen LogP contribution in [0, 0.1) is 6.92 Å². The van der Waals surface area contributed by atoms with E-state index < -0.39 is 0 Å². The molecule has 1 atom stereocenters. The second kappa shape index (κ2) is 4.05. The molecule has 3 N–H and O–H groups in total. The van der Waals surface area contributed by atoms with Gasteiger partial charge in [-0.3, -0.25) is 9.89 Å². The Morgan fingerprint density at radius 1 is 1.56 bits per heavy atom. The zero-order valence-corrected chi connectivity index (χ0v) is 9.40. The van der Waals surface area contributed by atoms with E-state index >= 15 is 0 Å². The molecule has 0 aliphatic rings. The topological polar surface area (TPSA) is 89.1 Å². The van der Waals surface area contributed by atoms with Gasteiger partial charge in [-0.05, 0) is 19.9 Å². The lowest BCUT2D eigenvalue weighted by molar-refractivity contribution is 0.644. The maximum Gasteiger partial charge on any atom is 0.274 e. The van der Waals surface area contributed by atoms with Crippen LogP contribution in [0.5, 0.6) is 0 Å². The lowest BCUT2D eigenvalue weighted by atomic mass is 10.1. The van der Waals surface area contributed by atoms with E-state index in [1.54, 1.807) is 6.92 Å². The number of nitrogens with zero attached hydrogens (tertiary/aromatic N) is 3. The van der Waals surface area contributed by atoms with E-state index in [0.29, 0.717) is 18.0 Å². The number of nitrogens with two attached hydrogens (primary N) is 1. The average molecular weight is 221 g/mol. The molecule has 16 heavy (non-hydrogen) atoms. The molecule has 0 saturated heterocycles. The van der Waals surface area contributed by atoms with Gasteiger partial charge in [-0.25, -0.2) is 4.98 Å². The predicted molar refractivity (Wildman–Crippen MR) is 60.4 cm³/mol. The van der Waals surface area contributed by atoms with Crippen molar-refractivity contribution >= 4 is 5.78 Å². The van der Waals surface area contributed by atoms with Crippen LogP contribution in [0.3, 0.4) is 0 Å². The molecule has 0 aromatic carbocycles. The van der Waals surface area contributed by atoms with E-state index in [2.05, 4.69) is 15.1 Å². The summed E-state index contributed by atoms with van der Waals surface area (Å²) in [5.41, 5.74) is 6.03. The quantitative estimate of drug-likeness (QED) is 0.773. The van der Waals surface area contributed by atoms with E-state index in [4.69, 9.17) is 5.73 Å². The van der Waals surface area contributed by atoms with Gasteiger partial charge >= 0.3 is 0 Å². The highest BCUT2D eigenvalue weighted by atomic mass is 16.1. The van der Waals surface area contributed by atoms with Gasteiger partial charge in [0.2, 0.25) is 0 Å². The number of aromatic nitrogens is 4. The Morgan fingerprint density at radius 2 is 2.31 bits per heavy atom. The maximum absolute atomic E-state index is 11.6. The molecule has 0 bridgehead atoms. The number of nitrogens with one attached hydrogen (secondary N) is 1. The molecule has 2 aromatic rings. The summed E-state index contributed by atoms with van der Waals surface area (Å²) in [6.07, 6.45) is 0.827. The van der Waals surface area contributed by atoms with Gasteiger partial charge in [-0.2, -0.15) is 9.50 Å². The Bertz CT molecular complexity index is 556. The smallest absolute Gasteiger partial charge is 0.274 e. The van der Waals surface area contributed by atoms with Crippen molar-refractivity contribution in [3.05, 3.63) is 27.9 Å². The van der Waals surface area contributed by atoms with Crippen molar-refractivity contribution in [2.45, 2.75) is 26.2 Å². The Balaban J connectivity index is 2.51. The van der Waals surface area contributed by atoms with Gasteiger partial charge in [0.25, 0.3) is 11.3 Å². The van der Waals surface area contributed by atoms with Crippen LogP contribution in [0.1, 0.15) is 30.8 Å². The Kier molecular flexibility index (Phi) is 2.74. The second-order valence-corrected chi connectivity index (χ2v) is 3.96. The molecule has 2 heterocycles. The minimum atomic E-state index is -0.138. The van der Waals surface area contributed by atoms with Crippen LogP contribution in [0.4, 0.5) is 0 Å². The summed E-state index contributed by atoms with van der Waals surface area (Å²) in [7, 11) is 0. The minimum absolute atomic E-state index is 0.138. The number of aromatic amines is 1. The second-order valence-electron chi connectivity index (χ2n) is 3.96. The standard InChI is InChI=1S/C10H15N5O/c1-6(3-4-11)9-13-10-12-7(2)5-8(16)15(10)14-9/h5-6H,3-4,11H2,1-2H3,(H,12,13,14). The van der Waals surface area contributed by atoms with E-state index in [9.17, 15) is 4.79 Å². The summed E-state index contributed by atoms with van der Waals surface area (Å²) >= 11 is 0. The monoisotopic (exact) mass is 221 g/mol. The van der Waals surface area contributed by atoms with Crippen LogP contribution in [0.15, 0.2) is 10.9 Å². The largest absolute Gasteiger partial charge is 0.330 e. The first-order valence-electron chi connectivity index (χ1n) is 5.28. The van der Waals surface area contributed by atoms with E-state index in [1.165, 1.54) is 10.6 Å². The SMILES string of the molecule is Cc1cc(=O)n2[nH]c(C(C)CCN)nc2n1. The molecule has 0 spiro atoms. The Labute approximate surface area is 92.5 Å². The average Bonchev–Trinajstić information content (AvgIpc) is 2.62. The highest BCUT2D eigenvalue weighted by molar-refractivity contribution is 5.28. The van der Waals surface area contributed by atoms with Crippen LogP contribution in [-0.2, 0) is 0 Å². The van der Waals surface area contributed by atoms with Crippen molar-refractivity contribution in [2.24, 2.45) is 5.73 Å². The highest BCUT2D eigenvalue weighted by Crippen LogP contribution is 2.13. The lowest BCUT2D eigenvalue weighted by Crippen LogP contribution is -2.15. The molecule has 0 saturated carbocycles. The van der Waals surface area contributed by atoms with Crippen LogP contribution in [0.25, 0.3) is 5.78 Å². The van der Waals surface area contributed by atoms with Crippen LogP contribution >= 0.6 is 0 Å². The Morgan fingerprint density at radius 3 is 3.00 bits per heavy atom. The first-order chi connectivity index (χ1) is 7.61. The van der Waals surface area contributed by atoms with E-state index in [1.807, 2.05) is 6.92 Å². The molecular formula is C10H15N5O. The summed E-state index contributed by atoms with van der Waals surface area (Å²) < 4.78 is 1.36. The van der Waals surface area contributed by atoms with Gasteiger partial charge in [-0.15, -0.1) is 0 Å². The fourth-order valence-electron chi connectivity index (χ4n) is 1.62. The van der Waals surface area contributed by atoms with Crippen molar-refractivity contribution in [2.75, 3.05) is 6.54 Å². The fourth-order valence-corrected chi connectivity index (χ4v) is 1.62. The fraction of sp³-hybridized carbons (Fsp3) is 0.500. The molecule has 0 aliphatic heterocycles. The highest BCUT2D eigenvalue weighted by Gasteiger charge is 2.11. The third-order valence-electron chi connectivity index (χ3n) is 2.54. The van der Waals surface area contributed by atoms with Gasteiger partial charge in [0, 0.05) is 17.7 Å². The van der Waals surface area contributed by atoms with Crippen LogP contribution in [-0.4, -0.2) is 26.1 Å². The molecule has 0 amide bonds. The zero-order valence-electron chi connectivity index (χ0n) is 9.40. The first-order valence-corrected chi connectivity index (χ1v) is 5.28. The molecule has 0 radical (unpaired) electrons. The summed E-state index contributed by atoms with van der Waals surface area (Å²) in [5, 5.41) is 2.95. The third kappa shape index (κ3) is 1.83. The van der Waals surface area contributed by atoms with Crippen LogP contribution in [0.2, 0.25) is 0 Å². The molecule has 86 valence electrons.